The number of aliphatic hydroxyl groups is 1. The summed E-state index contributed by atoms with van der Waals surface area (Å²) in [5.41, 5.74) is 4.52. The molecule has 8 heteroatoms. The summed E-state index contributed by atoms with van der Waals surface area (Å²) < 4.78 is 5.64. The predicted octanol–water partition coefficient (Wildman–Crippen LogP) is 3.04. The molecule has 2 aliphatic rings. The molecule has 34 heavy (non-hydrogen) atoms. The molecule has 1 fully saturated rings. The first-order chi connectivity index (χ1) is 16.5. The lowest BCUT2D eigenvalue weighted by Gasteiger charge is -2.26. The molecule has 0 unspecified atom stereocenters. The van der Waals surface area contributed by atoms with Gasteiger partial charge in [0, 0.05) is 12.0 Å². The zero-order valence-electron chi connectivity index (χ0n) is 18.9. The van der Waals surface area contributed by atoms with Crippen LogP contribution in [0.25, 0.3) is 11.1 Å². The summed E-state index contributed by atoms with van der Waals surface area (Å²) in [7, 11) is 0. The molecular formula is C26H30N2O6. The van der Waals surface area contributed by atoms with Crippen molar-refractivity contribution in [2.45, 2.75) is 50.1 Å². The number of carboxylic acids is 1. The Labute approximate surface area is 198 Å². The molecule has 2 aromatic carbocycles. The number of amides is 2. The van der Waals surface area contributed by atoms with E-state index in [9.17, 15) is 19.5 Å². The lowest BCUT2D eigenvalue weighted by Crippen LogP contribution is -2.51. The van der Waals surface area contributed by atoms with Crippen molar-refractivity contribution in [3.05, 3.63) is 59.7 Å². The van der Waals surface area contributed by atoms with Gasteiger partial charge in [0.25, 0.3) is 0 Å². The van der Waals surface area contributed by atoms with Crippen LogP contribution in [-0.4, -0.2) is 53.5 Å². The molecule has 0 aliphatic heterocycles. The van der Waals surface area contributed by atoms with E-state index in [1.807, 2.05) is 36.4 Å². The van der Waals surface area contributed by atoms with Crippen molar-refractivity contribution in [1.82, 2.24) is 10.6 Å². The molecule has 4 rings (SSSR count). The number of hydrogen-bond acceptors (Lipinski definition) is 5. The van der Waals surface area contributed by atoms with E-state index in [0.29, 0.717) is 12.8 Å². The normalized spacial score (nSPS) is 20.4. The molecule has 0 heterocycles. The van der Waals surface area contributed by atoms with E-state index >= 15 is 0 Å². The fraction of sp³-hybridized carbons (Fsp3) is 0.423. The number of aliphatic carboxylic acids is 1. The Bertz CT molecular complexity index is 1010. The summed E-state index contributed by atoms with van der Waals surface area (Å²) in [6.07, 6.45) is 3.10. The fourth-order valence-electron chi connectivity index (χ4n) is 5.05. The van der Waals surface area contributed by atoms with Crippen LogP contribution in [0.5, 0.6) is 0 Å². The van der Waals surface area contributed by atoms with Crippen molar-refractivity contribution >= 4 is 18.0 Å². The molecular weight excluding hydrogens is 436 g/mol. The van der Waals surface area contributed by atoms with Crippen LogP contribution in [-0.2, 0) is 14.3 Å². The largest absolute Gasteiger partial charge is 0.480 e. The molecule has 2 amide bonds. The number of nitrogens with one attached hydrogen (secondary N) is 2. The van der Waals surface area contributed by atoms with E-state index in [-0.39, 0.29) is 12.5 Å². The zero-order valence-corrected chi connectivity index (χ0v) is 18.9. The van der Waals surface area contributed by atoms with Crippen LogP contribution < -0.4 is 10.6 Å². The second-order valence-corrected chi connectivity index (χ2v) is 8.90. The molecule has 3 atom stereocenters. The number of fused-ring (bicyclic) bond motifs is 3. The van der Waals surface area contributed by atoms with E-state index in [4.69, 9.17) is 9.84 Å². The first kappa shape index (κ1) is 23.8. The highest BCUT2D eigenvalue weighted by Gasteiger charge is 2.34. The first-order valence-corrected chi connectivity index (χ1v) is 11.7. The third-order valence-electron chi connectivity index (χ3n) is 6.80. The Kier molecular flexibility index (Phi) is 7.47. The van der Waals surface area contributed by atoms with Crippen molar-refractivity contribution in [3.63, 3.8) is 0 Å². The number of ether oxygens (including phenoxy) is 1. The van der Waals surface area contributed by atoms with Crippen LogP contribution in [0.1, 0.15) is 49.1 Å². The standard InChI is InChI=1S/C26H30N2O6/c29-14-23(25(31)32)27-24(30)20-12-2-1-3-13-22(20)28-26(33)34-15-21-18-10-6-4-8-16(18)17-9-5-7-11-19(17)21/h4-11,20-23,29H,1-3,12-15H2,(H,27,30)(H,28,33)(H,31,32)/t20-,22+,23-/m1/s1. The molecule has 2 aromatic rings. The van der Waals surface area contributed by atoms with E-state index in [1.54, 1.807) is 0 Å². The molecule has 2 aliphatic carbocycles. The lowest BCUT2D eigenvalue weighted by molar-refractivity contribution is -0.143. The van der Waals surface area contributed by atoms with Crippen LogP contribution in [0, 0.1) is 5.92 Å². The van der Waals surface area contributed by atoms with Gasteiger partial charge in [-0.25, -0.2) is 9.59 Å². The number of carbonyl (C=O) groups is 3. The van der Waals surface area contributed by atoms with Gasteiger partial charge in [-0.2, -0.15) is 0 Å². The van der Waals surface area contributed by atoms with Crippen molar-refractivity contribution < 1.29 is 29.3 Å². The number of aliphatic hydroxyl groups excluding tert-OH is 1. The lowest BCUT2D eigenvalue weighted by atomic mass is 9.93. The maximum absolute atomic E-state index is 12.8. The Morgan fingerprint density at radius 2 is 1.56 bits per heavy atom. The van der Waals surface area contributed by atoms with Gasteiger partial charge in [-0.1, -0.05) is 67.8 Å². The number of carboxylic acid groups (broad SMARTS) is 1. The van der Waals surface area contributed by atoms with E-state index in [1.165, 1.54) is 0 Å². The minimum atomic E-state index is -1.37. The highest BCUT2D eigenvalue weighted by atomic mass is 16.5. The molecule has 4 N–H and O–H groups in total. The minimum absolute atomic E-state index is 0.0627. The van der Waals surface area contributed by atoms with Crippen molar-refractivity contribution in [3.8, 4) is 11.1 Å². The third kappa shape index (κ3) is 5.07. The average molecular weight is 467 g/mol. The molecule has 0 spiro atoms. The van der Waals surface area contributed by atoms with Gasteiger partial charge in [-0.05, 0) is 35.1 Å². The molecule has 8 nitrogen and oxygen atoms in total. The first-order valence-electron chi connectivity index (χ1n) is 11.7. The van der Waals surface area contributed by atoms with Gasteiger partial charge in [-0.15, -0.1) is 0 Å². The van der Waals surface area contributed by atoms with Gasteiger partial charge in [0.1, 0.15) is 12.6 Å². The second kappa shape index (κ2) is 10.7. The second-order valence-electron chi connectivity index (χ2n) is 8.90. The van der Waals surface area contributed by atoms with E-state index in [2.05, 4.69) is 22.8 Å². The van der Waals surface area contributed by atoms with Crippen LogP contribution in [0.2, 0.25) is 0 Å². The molecule has 0 saturated heterocycles. The average Bonchev–Trinajstić information content (AvgIpc) is 2.97. The number of rotatable bonds is 7. The Hall–Kier alpha value is -3.39. The number of alkyl carbamates (subject to hydrolysis) is 1. The van der Waals surface area contributed by atoms with E-state index < -0.39 is 42.6 Å². The summed E-state index contributed by atoms with van der Waals surface area (Å²) >= 11 is 0. The van der Waals surface area contributed by atoms with Crippen LogP contribution in [0.3, 0.4) is 0 Å². The molecule has 1 saturated carbocycles. The monoisotopic (exact) mass is 466 g/mol. The fourth-order valence-corrected chi connectivity index (χ4v) is 5.05. The summed E-state index contributed by atoms with van der Waals surface area (Å²) in [6, 6.07) is 14.3. The quantitative estimate of drug-likeness (QED) is 0.465. The van der Waals surface area contributed by atoms with Crippen LogP contribution in [0.15, 0.2) is 48.5 Å². The summed E-state index contributed by atoms with van der Waals surface area (Å²) in [4.78, 5) is 36.7. The minimum Gasteiger partial charge on any atom is -0.480 e. The molecule has 0 radical (unpaired) electrons. The Balaban J connectivity index is 1.41. The number of carbonyl (C=O) groups excluding carboxylic acids is 2. The van der Waals surface area contributed by atoms with Gasteiger partial charge in [-0.3, -0.25) is 4.79 Å². The predicted molar refractivity (Wildman–Crippen MR) is 125 cm³/mol. The van der Waals surface area contributed by atoms with Gasteiger partial charge >= 0.3 is 12.1 Å². The molecule has 0 aromatic heterocycles. The highest BCUT2D eigenvalue weighted by Crippen LogP contribution is 2.44. The maximum Gasteiger partial charge on any atom is 0.407 e. The van der Waals surface area contributed by atoms with Crippen molar-refractivity contribution in [2.24, 2.45) is 5.92 Å². The number of hydrogen-bond donors (Lipinski definition) is 4. The topological polar surface area (TPSA) is 125 Å². The Morgan fingerprint density at radius 3 is 2.18 bits per heavy atom. The summed E-state index contributed by atoms with van der Waals surface area (Å²) in [5, 5.41) is 23.6. The van der Waals surface area contributed by atoms with Crippen molar-refractivity contribution in [2.75, 3.05) is 13.2 Å². The smallest absolute Gasteiger partial charge is 0.407 e. The zero-order chi connectivity index (χ0) is 24.1. The molecule has 0 bridgehead atoms. The van der Waals surface area contributed by atoms with E-state index in [0.717, 1.165) is 41.5 Å². The third-order valence-corrected chi connectivity index (χ3v) is 6.80. The van der Waals surface area contributed by atoms with Gasteiger partial charge in [0.2, 0.25) is 5.91 Å². The molecule has 180 valence electrons. The summed E-state index contributed by atoms with van der Waals surface area (Å²) in [5.74, 6) is -2.43. The maximum atomic E-state index is 12.8. The van der Waals surface area contributed by atoms with Gasteiger partial charge in [0.05, 0.1) is 12.5 Å². The SMILES string of the molecule is O=C(N[C@H]1CCCCC[C@H]1C(=O)N[C@H](CO)C(=O)O)OCC1c2ccccc2-c2ccccc21. The van der Waals surface area contributed by atoms with Crippen molar-refractivity contribution in [1.29, 1.82) is 0 Å². The van der Waals surface area contributed by atoms with Gasteiger partial charge in [0.15, 0.2) is 0 Å². The van der Waals surface area contributed by atoms with Gasteiger partial charge < -0.3 is 25.6 Å². The highest BCUT2D eigenvalue weighted by molar-refractivity contribution is 5.86. The summed E-state index contributed by atoms with van der Waals surface area (Å²) in [6.45, 7) is -0.521. The Morgan fingerprint density at radius 1 is 0.941 bits per heavy atom. The number of benzene rings is 2. The van der Waals surface area contributed by atoms with Crippen LogP contribution >= 0.6 is 0 Å². The van der Waals surface area contributed by atoms with Crippen LogP contribution in [0.4, 0.5) is 4.79 Å².